The number of benzene rings is 2. The monoisotopic (exact) mass is 409 g/mol. The molecule has 7 nitrogen and oxygen atoms in total. The second-order valence-corrected chi connectivity index (χ2v) is 7.46. The number of fused-ring (bicyclic) bond motifs is 1. The van der Waals surface area contributed by atoms with Gasteiger partial charge >= 0.3 is 11.9 Å². The molecule has 1 fully saturated rings. The summed E-state index contributed by atoms with van der Waals surface area (Å²) in [7, 11) is 0. The first-order chi connectivity index (χ1) is 14.4. The smallest absolute Gasteiger partial charge is 0.335 e. The maximum Gasteiger partial charge on any atom is 0.335 e. The molecule has 0 bridgehead atoms. The zero-order chi connectivity index (χ0) is 21.7. The first kappa shape index (κ1) is 21.4. The second-order valence-electron chi connectivity index (χ2n) is 7.46. The van der Waals surface area contributed by atoms with Gasteiger partial charge in [-0.2, -0.15) is 0 Å². The van der Waals surface area contributed by atoms with Crippen LogP contribution >= 0.6 is 0 Å². The van der Waals surface area contributed by atoms with Crippen molar-refractivity contribution in [2.45, 2.75) is 26.3 Å². The van der Waals surface area contributed by atoms with E-state index < -0.39 is 11.9 Å². The van der Waals surface area contributed by atoms with Crippen molar-refractivity contribution in [1.82, 2.24) is 9.47 Å². The molecule has 0 atom stereocenters. The Kier molecular flexibility index (Phi) is 6.74. The molecule has 4 rings (SSSR count). The maximum atomic E-state index is 10.6. The molecule has 1 aliphatic rings. The third kappa shape index (κ3) is 4.99. The molecule has 0 unspecified atom stereocenters. The molecule has 2 heterocycles. The first-order valence-electron chi connectivity index (χ1n) is 9.99. The Bertz CT molecular complexity index is 1020. The number of aromatic carboxylic acids is 2. The highest BCUT2D eigenvalue weighted by molar-refractivity contribution is 5.96. The van der Waals surface area contributed by atoms with Crippen LogP contribution in [0.1, 0.15) is 39.1 Å². The lowest BCUT2D eigenvalue weighted by atomic mass is 10.0. The summed E-state index contributed by atoms with van der Waals surface area (Å²) in [5, 5.41) is 18.6. The lowest BCUT2D eigenvalue weighted by Gasteiger charge is -2.15. The van der Waals surface area contributed by atoms with E-state index in [2.05, 4.69) is 27.8 Å². The highest BCUT2D eigenvalue weighted by Gasteiger charge is 2.13. The summed E-state index contributed by atoms with van der Waals surface area (Å²) in [4.78, 5) is 23.8. The van der Waals surface area contributed by atoms with E-state index in [4.69, 9.17) is 15.9 Å². The number of nitrogens with two attached hydrogens (primary N) is 1. The molecule has 7 heteroatoms. The van der Waals surface area contributed by atoms with Crippen LogP contribution in [-0.4, -0.2) is 51.3 Å². The molecular formula is C23H27N3O4. The molecule has 2 aromatic carbocycles. The zero-order valence-corrected chi connectivity index (χ0v) is 17.0. The van der Waals surface area contributed by atoms with E-state index in [0.717, 1.165) is 18.8 Å². The summed E-state index contributed by atoms with van der Waals surface area (Å²) in [6, 6.07) is 12.5. The number of aromatic nitrogens is 1. The van der Waals surface area contributed by atoms with E-state index >= 15 is 0 Å². The van der Waals surface area contributed by atoms with Gasteiger partial charge < -0.3 is 25.4 Å². The van der Waals surface area contributed by atoms with Crippen LogP contribution in [0, 0.1) is 6.92 Å². The molecule has 4 N–H and O–H groups in total. The molecule has 0 aliphatic carbocycles. The minimum absolute atomic E-state index is 0.0277. The summed E-state index contributed by atoms with van der Waals surface area (Å²) < 4.78 is 2.33. The van der Waals surface area contributed by atoms with Gasteiger partial charge in [-0.25, -0.2) is 9.59 Å². The van der Waals surface area contributed by atoms with Gasteiger partial charge in [-0.15, -0.1) is 0 Å². The van der Waals surface area contributed by atoms with Crippen molar-refractivity contribution in [3.63, 3.8) is 0 Å². The predicted molar refractivity (Wildman–Crippen MR) is 117 cm³/mol. The van der Waals surface area contributed by atoms with E-state index in [1.165, 1.54) is 62.0 Å². The fourth-order valence-electron chi connectivity index (χ4n) is 3.77. The van der Waals surface area contributed by atoms with E-state index in [9.17, 15) is 9.59 Å². The number of nitrogens with zero attached hydrogens (tertiary/aromatic N) is 2. The number of anilines is 1. The van der Waals surface area contributed by atoms with Crippen LogP contribution in [0.25, 0.3) is 10.9 Å². The quantitative estimate of drug-likeness (QED) is 0.554. The third-order valence-electron chi connectivity index (χ3n) is 5.45. The molecule has 0 amide bonds. The summed E-state index contributed by atoms with van der Waals surface area (Å²) >= 11 is 0. The summed E-state index contributed by atoms with van der Waals surface area (Å²) in [6.07, 6.45) is 4.89. The van der Waals surface area contributed by atoms with Gasteiger partial charge in [-0.3, -0.25) is 0 Å². The van der Waals surface area contributed by atoms with Crippen LogP contribution in [0.2, 0.25) is 0 Å². The van der Waals surface area contributed by atoms with E-state index in [1.54, 1.807) is 0 Å². The molecule has 0 spiro atoms. The summed E-state index contributed by atoms with van der Waals surface area (Å²) in [5.74, 6) is -2.22. The van der Waals surface area contributed by atoms with Gasteiger partial charge in [0, 0.05) is 35.9 Å². The Morgan fingerprint density at radius 1 is 0.967 bits per heavy atom. The number of hydrogen-bond donors (Lipinski definition) is 3. The van der Waals surface area contributed by atoms with Crippen LogP contribution in [0.15, 0.2) is 48.7 Å². The molecule has 1 aromatic heterocycles. The van der Waals surface area contributed by atoms with Gasteiger partial charge in [0.05, 0.1) is 11.1 Å². The van der Waals surface area contributed by atoms with Crippen molar-refractivity contribution in [1.29, 1.82) is 0 Å². The standard InChI is InChI=1S/C14H19N3.C9H8O4/c15-13-3-4-14-12(11-13)5-8-17(14)10-9-16-6-1-2-7-16;1-5-6(8(10)11)3-2-4-7(5)9(12)13/h3-5,8,11H,1-2,6-7,9-10,15H2;2-4H,1H3,(H,10,11)(H,12,13). The molecule has 3 aromatic rings. The van der Waals surface area contributed by atoms with Crippen LogP contribution in [-0.2, 0) is 6.54 Å². The molecular weight excluding hydrogens is 382 g/mol. The number of likely N-dealkylation sites (tertiary alicyclic amines) is 1. The van der Waals surface area contributed by atoms with E-state index in [0.29, 0.717) is 0 Å². The zero-order valence-electron chi connectivity index (χ0n) is 17.0. The first-order valence-corrected chi connectivity index (χ1v) is 9.99. The molecule has 1 saturated heterocycles. The van der Waals surface area contributed by atoms with Gasteiger partial charge in [0.1, 0.15) is 0 Å². The average Bonchev–Trinajstić information content (AvgIpc) is 3.36. The summed E-state index contributed by atoms with van der Waals surface area (Å²) in [5.41, 5.74) is 8.26. The van der Waals surface area contributed by atoms with Crippen molar-refractivity contribution >= 4 is 28.5 Å². The van der Waals surface area contributed by atoms with E-state index in [-0.39, 0.29) is 16.7 Å². The van der Waals surface area contributed by atoms with Gasteiger partial charge in [0.25, 0.3) is 0 Å². The van der Waals surface area contributed by atoms with Crippen LogP contribution in [0.3, 0.4) is 0 Å². The lowest BCUT2D eigenvalue weighted by Crippen LogP contribution is -2.23. The lowest BCUT2D eigenvalue weighted by molar-refractivity contribution is 0.0696. The van der Waals surface area contributed by atoms with Crippen LogP contribution in [0.4, 0.5) is 5.69 Å². The van der Waals surface area contributed by atoms with Gasteiger partial charge in [-0.1, -0.05) is 6.07 Å². The number of carbonyl (C=O) groups is 2. The molecule has 30 heavy (non-hydrogen) atoms. The normalized spacial score (nSPS) is 13.8. The van der Waals surface area contributed by atoms with Crippen molar-refractivity contribution in [3.8, 4) is 0 Å². The molecule has 1 aliphatic heterocycles. The number of carboxylic acid groups (broad SMARTS) is 2. The average molecular weight is 409 g/mol. The summed E-state index contributed by atoms with van der Waals surface area (Å²) in [6.45, 7) is 6.26. The van der Waals surface area contributed by atoms with Gasteiger partial charge in [0.2, 0.25) is 0 Å². The molecule has 158 valence electrons. The minimum atomic E-state index is -1.11. The van der Waals surface area contributed by atoms with Gasteiger partial charge in [0.15, 0.2) is 0 Å². The van der Waals surface area contributed by atoms with Crippen molar-refractivity contribution in [2.24, 2.45) is 0 Å². The predicted octanol–water partition coefficient (Wildman–Crippen LogP) is 3.71. The Labute approximate surface area is 175 Å². The van der Waals surface area contributed by atoms with Crippen molar-refractivity contribution < 1.29 is 19.8 Å². The Morgan fingerprint density at radius 3 is 2.20 bits per heavy atom. The number of nitrogen functional groups attached to an aromatic ring is 1. The molecule has 0 saturated carbocycles. The number of rotatable bonds is 5. The topological polar surface area (TPSA) is 109 Å². The van der Waals surface area contributed by atoms with Crippen molar-refractivity contribution in [2.75, 3.05) is 25.4 Å². The highest BCUT2D eigenvalue weighted by Crippen LogP contribution is 2.19. The third-order valence-corrected chi connectivity index (χ3v) is 5.45. The number of carboxylic acids is 2. The number of hydrogen-bond acceptors (Lipinski definition) is 4. The Morgan fingerprint density at radius 2 is 1.60 bits per heavy atom. The van der Waals surface area contributed by atoms with Crippen LogP contribution < -0.4 is 5.73 Å². The fraction of sp³-hybridized carbons (Fsp3) is 0.304. The highest BCUT2D eigenvalue weighted by atomic mass is 16.4. The van der Waals surface area contributed by atoms with Gasteiger partial charge in [-0.05, 0) is 74.8 Å². The van der Waals surface area contributed by atoms with E-state index in [1.807, 2.05) is 12.1 Å². The van der Waals surface area contributed by atoms with Crippen LogP contribution in [0.5, 0.6) is 0 Å². The Hall–Kier alpha value is -3.32. The second kappa shape index (κ2) is 9.45. The van der Waals surface area contributed by atoms with Crippen molar-refractivity contribution in [3.05, 3.63) is 65.4 Å². The SMILES string of the molecule is Cc1c(C(=O)O)cccc1C(=O)O.Nc1ccc2c(ccn2CCN2CCCC2)c1. The minimum Gasteiger partial charge on any atom is -0.478 e. The fourth-order valence-corrected chi connectivity index (χ4v) is 3.77. The largest absolute Gasteiger partial charge is 0.478 e. The maximum absolute atomic E-state index is 10.6. The Balaban J connectivity index is 0.000000178. The molecule has 0 radical (unpaired) electrons.